The second-order valence-corrected chi connectivity index (χ2v) is 3.18. The zero-order valence-electron chi connectivity index (χ0n) is 9.31. The molecule has 0 saturated carbocycles. The fourth-order valence-electron chi connectivity index (χ4n) is 1.16. The van der Waals surface area contributed by atoms with Gasteiger partial charge >= 0.3 is 0 Å². The first kappa shape index (κ1) is 13.0. The normalized spacial score (nSPS) is 9.59. The summed E-state index contributed by atoms with van der Waals surface area (Å²) in [6.45, 7) is 0.431. The smallest absolute Gasteiger partial charge is 0.245 e. The van der Waals surface area contributed by atoms with Gasteiger partial charge in [0.05, 0.1) is 0 Å². The third-order valence-corrected chi connectivity index (χ3v) is 1.86. The highest BCUT2D eigenvalue weighted by molar-refractivity contribution is 5.74. The Balaban J connectivity index is 2.46. The topological polar surface area (TPSA) is 73.6 Å². The van der Waals surface area contributed by atoms with Crippen molar-refractivity contribution in [3.05, 3.63) is 29.8 Å². The summed E-state index contributed by atoms with van der Waals surface area (Å²) in [6.07, 6.45) is 5.11. The van der Waals surface area contributed by atoms with E-state index in [0.29, 0.717) is 12.3 Å². The Hall–Kier alpha value is -2.03. The Morgan fingerprint density at radius 2 is 2.24 bits per heavy atom. The molecule has 17 heavy (non-hydrogen) atoms. The molecule has 0 unspecified atom stereocenters. The van der Waals surface area contributed by atoms with Gasteiger partial charge in [-0.2, -0.15) is 5.48 Å². The molecule has 1 rings (SSSR count). The van der Waals surface area contributed by atoms with E-state index in [-0.39, 0.29) is 13.2 Å². The molecule has 0 atom stereocenters. The van der Waals surface area contributed by atoms with Crippen molar-refractivity contribution in [3.8, 4) is 18.1 Å². The number of hydroxylamine groups is 1. The molecule has 0 aromatic heterocycles. The van der Waals surface area contributed by atoms with E-state index in [1.54, 1.807) is 0 Å². The molecule has 5 nitrogen and oxygen atoms in total. The number of amides is 1. The van der Waals surface area contributed by atoms with Gasteiger partial charge in [-0.15, -0.1) is 6.42 Å². The number of hydrogen-bond acceptors (Lipinski definition) is 4. The first-order valence-electron chi connectivity index (χ1n) is 5.01. The number of terminal acetylenes is 1. The quantitative estimate of drug-likeness (QED) is 0.402. The van der Waals surface area contributed by atoms with E-state index in [2.05, 4.69) is 11.4 Å². The molecule has 1 aromatic rings. The highest BCUT2D eigenvalue weighted by Gasteiger charge is 2.02. The van der Waals surface area contributed by atoms with Gasteiger partial charge in [-0.1, -0.05) is 24.1 Å². The number of primary amides is 1. The van der Waals surface area contributed by atoms with Crippen molar-refractivity contribution in [2.24, 2.45) is 5.73 Å². The average Bonchev–Trinajstić information content (AvgIpc) is 2.33. The van der Waals surface area contributed by atoms with E-state index in [1.807, 2.05) is 24.3 Å². The minimum atomic E-state index is -0.533. The number of carbonyl (C=O) groups excluding carboxylic acids is 1. The number of rotatable bonds is 7. The van der Waals surface area contributed by atoms with Crippen LogP contribution in [0, 0.1) is 12.3 Å². The maximum absolute atomic E-state index is 10.4. The van der Waals surface area contributed by atoms with E-state index in [9.17, 15) is 4.79 Å². The van der Waals surface area contributed by atoms with Gasteiger partial charge in [0.1, 0.15) is 19.0 Å². The van der Waals surface area contributed by atoms with E-state index in [1.165, 1.54) is 0 Å². The number of carbonyl (C=O) groups is 1. The molecule has 0 saturated heterocycles. The Morgan fingerprint density at radius 3 is 2.94 bits per heavy atom. The molecule has 90 valence electrons. The lowest BCUT2D eigenvalue weighted by Gasteiger charge is -2.10. The van der Waals surface area contributed by atoms with Crippen molar-refractivity contribution >= 4 is 5.91 Å². The van der Waals surface area contributed by atoms with Crippen LogP contribution in [0.2, 0.25) is 0 Å². The molecule has 5 heteroatoms. The molecule has 0 bridgehead atoms. The number of para-hydroxylation sites is 1. The molecule has 0 aliphatic heterocycles. The summed E-state index contributed by atoms with van der Waals surface area (Å²) in [6, 6.07) is 7.39. The Bertz CT molecular complexity index is 412. The maximum atomic E-state index is 10.4. The predicted octanol–water partition coefficient (Wildman–Crippen LogP) is 0.205. The molecule has 0 radical (unpaired) electrons. The minimum absolute atomic E-state index is 0.173. The van der Waals surface area contributed by atoms with Gasteiger partial charge in [0.25, 0.3) is 0 Å². The molecule has 1 aromatic carbocycles. The lowest BCUT2D eigenvalue weighted by atomic mass is 10.2. The van der Waals surface area contributed by atoms with Gasteiger partial charge in [-0.3, -0.25) is 9.63 Å². The second-order valence-electron chi connectivity index (χ2n) is 3.18. The average molecular weight is 234 g/mol. The highest BCUT2D eigenvalue weighted by Crippen LogP contribution is 2.17. The number of benzene rings is 1. The summed E-state index contributed by atoms with van der Waals surface area (Å²) < 4.78 is 5.34. The monoisotopic (exact) mass is 234 g/mol. The first-order valence-corrected chi connectivity index (χ1v) is 5.01. The van der Waals surface area contributed by atoms with Crippen molar-refractivity contribution in [1.82, 2.24) is 5.48 Å². The largest absolute Gasteiger partial charge is 0.481 e. The third kappa shape index (κ3) is 5.02. The molecule has 0 spiro atoms. The van der Waals surface area contributed by atoms with Crippen LogP contribution in [-0.2, 0) is 16.2 Å². The lowest BCUT2D eigenvalue weighted by Crippen LogP contribution is -2.24. The minimum Gasteiger partial charge on any atom is -0.481 e. The van der Waals surface area contributed by atoms with Gasteiger partial charge in [-0.05, 0) is 6.07 Å². The fourth-order valence-corrected chi connectivity index (χ4v) is 1.16. The number of hydrogen-bond donors (Lipinski definition) is 2. The van der Waals surface area contributed by atoms with Crippen LogP contribution < -0.4 is 16.0 Å². The lowest BCUT2D eigenvalue weighted by molar-refractivity contribution is -0.125. The molecule has 0 aliphatic carbocycles. The van der Waals surface area contributed by atoms with Gasteiger partial charge in [0.15, 0.2) is 0 Å². The van der Waals surface area contributed by atoms with Crippen LogP contribution in [-0.4, -0.2) is 19.1 Å². The fraction of sp³-hybridized carbons (Fsp3) is 0.250. The van der Waals surface area contributed by atoms with Crippen LogP contribution in [0.1, 0.15) is 5.56 Å². The predicted molar refractivity (Wildman–Crippen MR) is 62.8 cm³/mol. The van der Waals surface area contributed by atoms with E-state index < -0.39 is 5.91 Å². The van der Waals surface area contributed by atoms with E-state index in [0.717, 1.165) is 5.56 Å². The second kappa shape index (κ2) is 7.28. The van der Waals surface area contributed by atoms with Crippen molar-refractivity contribution in [2.45, 2.75) is 6.54 Å². The Labute approximate surface area is 99.9 Å². The van der Waals surface area contributed by atoms with Crippen molar-refractivity contribution < 1.29 is 14.4 Å². The summed E-state index contributed by atoms with van der Waals surface area (Å²) in [4.78, 5) is 15.3. The summed E-state index contributed by atoms with van der Waals surface area (Å²) in [7, 11) is 0. The van der Waals surface area contributed by atoms with Crippen molar-refractivity contribution in [1.29, 1.82) is 0 Å². The van der Waals surface area contributed by atoms with Crippen LogP contribution in [0.3, 0.4) is 0 Å². The SMILES string of the molecule is C#CCOc1ccccc1CNOCC(N)=O. The molecular formula is C12H14N2O3. The Kier molecular flexibility index (Phi) is 5.58. The van der Waals surface area contributed by atoms with Crippen LogP contribution in [0.5, 0.6) is 5.75 Å². The molecular weight excluding hydrogens is 220 g/mol. The van der Waals surface area contributed by atoms with Crippen molar-refractivity contribution in [3.63, 3.8) is 0 Å². The third-order valence-electron chi connectivity index (χ3n) is 1.86. The molecule has 0 fully saturated rings. The van der Waals surface area contributed by atoms with Crippen LogP contribution in [0.15, 0.2) is 24.3 Å². The van der Waals surface area contributed by atoms with Crippen LogP contribution in [0.25, 0.3) is 0 Å². The van der Waals surface area contributed by atoms with Crippen LogP contribution in [0.4, 0.5) is 0 Å². The summed E-state index contributed by atoms with van der Waals surface area (Å²) in [5.74, 6) is 2.54. The number of ether oxygens (including phenoxy) is 1. The van der Waals surface area contributed by atoms with Gasteiger partial charge in [0.2, 0.25) is 5.91 Å². The van der Waals surface area contributed by atoms with Crippen molar-refractivity contribution in [2.75, 3.05) is 13.2 Å². The van der Waals surface area contributed by atoms with Gasteiger partial charge < -0.3 is 10.5 Å². The Morgan fingerprint density at radius 1 is 1.47 bits per heavy atom. The standard InChI is InChI=1S/C12H14N2O3/c1-2-7-16-11-6-4-3-5-10(11)8-14-17-9-12(13)15/h1,3-6,14H,7-9H2,(H2,13,15). The number of nitrogens with two attached hydrogens (primary N) is 1. The molecule has 0 heterocycles. The molecule has 0 aliphatic rings. The summed E-state index contributed by atoms with van der Waals surface area (Å²) >= 11 is 0. The van der Waals surface area contributed by atoms with Crippen LogP contribution >= 0.6 is 0 Å². The molecule has 1 amide bonds. The summed E-state index contributed by atoms with van der Waals surface area (Å²) in [5.41, 5.74) is 8.42. The zero-order chi connectivity index (χ0) is 12.5. The maximum Gasteiger partial charge on any atom is 0.245 e. The summed E-state index contributed by atoms with van der Waals surface area (Å²) in [5, 5.41) is 0. The molecule has 3 N–H and O–H groups in total. The first-order chi connectivity index (χ1) is 8.24. The zero-order valence-corrected chi connectivity index (χ0v) is 9.31. The van der Waals surface area contributed by atoms with Gasteiger partial charge in [0, 0.05) is 12.1 Å². The highest BCUT2D eigenvalue weighted by atomic mass is 16.6. The van der Waals surface area contributed by atoms with E-state index in [4.69, 9.17) is 21.7 Å². The van der Waals surface area contributed by atoms with Gasteiger partial charge in [-0.25, -0.2) is 0 Å². The van der Waals surface area contributed by atoms with E-state index >= 15 is 0 Å². The number of nitrogens with one attached hydrogen (secondary N) is 1.